The second-order valence-corrected chi connectivity index (χ2v) is 4.03. The second-order valence-electron chi connectivity index (χ2n) is 4.03. The van der Waals surface area contributed by atoms with Gasteiger partial charge in [0.2, 0.25) is 0 Å². The first kappa shape index (κ1) is 13.5. The van der Waals surface area contributed by atoms with Crippen molar-refractivity contribution in [2.24, 2.45) is 0 Å². The van der Waals surface area contributed by atoms with Gasteiger partial charge in [-0.15, -0.1) is 0 Å². The Balaban J connectivity index is 3.10. The standard InChI is InChI=1S/C13H19NO3/c1-4-6-9-17-13-10(3)7-8-11(5-2)12(13)14(15)16/h7-8H,4-6,9H2,1-3H3. The number of unbranched alkanes of at least 4 members (excludes halogenated alkanes) is 1. The van der Waals surface area contributed by atoms with E-state index in [0.717, 1.165) is 24.0 Å². The van der Waals surface area contributed by atoms with Gasteiger partial charge in [0, 0.05) is 5.56 Å². The molecule has 1 aromatic carbocycles. The van der Waals surface area contributed by atoms with Gasteiger partial charge in [0.05, 0.1) is 11.5 Å². The van der Waals surface area contributed by atoms with Gasteiger partial charge in [-0.2, -0.15) is 0 Å². The summed E-state index contributed by atoms with van der Waals surface area (Å²) in [4.78, 5) is 10.8. The van der Waals surface area contributed by atoms with Crippen LogP contribution in [0.5, 0.6) is 5.75 Å². The summed E-state index contributed by atoms with van der Waals surface area (Å²) in [5.74, 6) is 0.433. The Kier molecular flexibility index (Phi) is 4.94. The number of benzene rings is 1. The smallest absolute Gasteiger partial charge is 0.314 e. The van der Waals surface area contributed by atoms with Crippen molar-refractivity contribution >= 4 is 5.69 Å². The first-order valence-corrected chi connectivity index (χ1v) is 6.01. The number of hydrogen-bond acceptors (Lipinski definition) is 3. The van der Waals surface area contributed by atoms with Crippen molar-refractivity contribution < 1.29 is 9.66 Å². The molecule has 0 spiro atoms. The fraction of sp³-hybridized carbons (Fsp3) is 0.538. The molecule has 0 atom stereocenters. The minimum atomic E-state index is -0.340. The molecule has 0 aromatic heterocycles. The third-order valence-corrected chi connectivity index (χ3v) is 2.72. The largest absolute Gasteiger partial charge is 0.487 e. The quantitative estimate of drug-likeness (QED) is 0.431. The van der Waals surface area contributed by atoms with Crippen molar-refractivity contribution in [2.75, 3.05) is 6.61 Å². The molecule has 4 nitrogen and oxygen atoms in total. The predicted octanol–water partition coefficient (Wildman–Crippen LogP) is 3.64. The fourth-order valence-electron chi connectivity index (χ4n) is 1.70. The van der Waals surface area contributed by atoms with Crippen LogP contribution < -0.4 is 4.74 Å². The van der Waals surface area contributed by atoms with E-state index in [0.29, 0.717) is 18.8 Å². The molecule has 0 fully saturated rings. The van der Waals surface area contributed by atoms with Gasteiger partial charge in [-0.3, -0.25) is 10.1 Å². The van der Waals surface area contributed by atoms with Crippen LogP contribution in [0.4, 0.5) is 5.69 Å². The molecule has 0 aliphatic carbocycles. The van der Waals surface area contributed by atoms with E-state index < -0.39 is 0 Å². The number of hydrogen-bond donors (Lipinski definition) is 0. The summed E-state index contributed by atoms with van der Waals surface area (Å²) in [6.45, 7) is 6.35. The summed E-state index contributed by atoms with van der Waals surface area (Å²) in [5, 5.41) is 11.1. The highest BCUT2D eigenvalue weighted by atomic mass is 16.6. The lowest BCUT2D eigenvalue weighted by Gasteiger charge is -2.11. The molecular weight excluding hydrogens is 218 g/mol. The van der Waals surface area contributed by atoms with Crippen molar-refractivity contribution in [1.29, 1.82) is 0 Å². The highest BCUT2D eigenvalue weighted by Crippen LogP contribution is 2.34. The van der Waals surface area contributed by atoms with E-state index in [4.69, 9.17) is 4.74 Å². The number of ether oxygens (including phenoxy) is 1. The Labute approximate surface area is 102 Å². The maximum atomic E-state index is 11.1. The zero-order valence-corrected chi connectivity index (χ0v) is 10.7. The molecule has 1 rings (SSSR count). The number of nitro groups is 1. The Hall–Kier alpha value is -1.58. The lowest BCUT2D eigenvalue weighted by Crippen LogP contribution is -2.04. The second kappa shape index (κ2) is 6.23. The van der Waals surface area contributed by atoms with Crippen LogP contribution in [0.15, 0.2) is 12.1 Å². The van der Waals surface area contributed by atoms with Crippen LogP contribution in [0.1, 0.15) is 37.8 Å². The summed E-state index contributed by atoms with van der Waals surface area (Å²) < 4.78 is 5.57. The summed E-state index contributed by atoms with van der Waals surface area (Å²) in [5.41, 5.74) is 1.68. The molecule has 1 aromatic rings. The molecular formula is C13H19NO3. The molecule has 0 aliphatic rings. The fourth-order valence-corrected chi connectivity index (χ4v) is 1.70. The van der Waals surface area contributed by atoms with Crippen LogP contribution in [-0.4, -0.2) is 11.5 Å². The number of nitro benzene ring substituents is 1. The van der Waals surface area contributed by atoms with E-state index in [9.17, 15) is 10.1 Å². The van der Waals surface area contributed by atoms with Crippen LogP contribution in [0.3, 0.4) is 0 Å². The molecule has 94 valence electrons. The summed E-state index contributed by atoms with van der Waals surface area (Å²) in [6.07, 6.45) is 2.56. The van der Waals surface area contributed by atoms with Gasteiger partial charge in [0.1, 0.15) is 0 Å². The SMILES string of the molecule is CCCCOc1c(C)ccc(CC)c1[N+](=O)[O-]. The van der Waals surface area contributed by atoms with Crippen molar-refractivity contribution in [2.45, 2.75) is 40.0 Å². The predicted molar refractivity (Wildman–Crippen MR) is 67.6 cm³/mol. The molecule has 17 heavy (non-hydrogen) atoms. The Morgan fingerprint density at radius 3 is 2.59 bits per heavy atom. The zero-order valence-electron chi connectivity index (χ0n) is 10.7. The van der Waals surface area contributed by atoms with Crippen molar-refractivity contribution in [3.8, 4) is 5.75 Å². The van der Waals surface area contributed by atoms with E-state index in [1.807, 2.05) is 19.9 Å². The van der Waals surface area contributed by atoms with Gasteiger partial charge in [0.25, 0.3) is 0 Å². The molecule has 0 N–H and O–H groups in total. The maximum Gasteiger partial charge on any atom is 0.314 e. The van der Waals surface area contributed by atoms with Crippen molar-refractivity contribution in [3.63, 3.8) is 0 Å². The number of rotatable bonds is 6. The van der Waals surface area contributed by atoms with Crippen molar-refractivity contribution in [1.82, 2.24) is 0 Å². The lowest BCUT2D eigenvalue weighted by atomic mass is 10.1. The molecule has 0 amide bonds. The lowest BCUT2D eigenvalue weighted by molar-refractivity contribution is -0.386. The third kappa shape index (κ3) is 3.19. The van der Waals surface area contributed by atoms with E-state index in [1.165, 1.54) is 0 Å². The molecule has 0 saturated heterocycles. The first-order valence-electron chi connectivity index (χ1n) is 6.01. The minimum Gasteiger partial charge on any atom is -0.487 e. The molecule has 0 radical (unpaired) electrons. The van der Waals surface area contributed by atoms with Crippen LogP contribution in [-0.2, 0) is 6.42 Å². The molecule has 0 unspecified atom stereocenters. The third-order valence-electron chi connectivity index (χ3n) is 2.72. The van der Waals surface area contributed by atoms with E-state index in [2.05, 4.69) is 6.92 Å². The molecule has 0 saturated carbocycles. The number of nitrogens with zero attached hydrogens (tertiary/aromatic N) is 1. The molecule has 0 heterocycles. The zero-order chi connectivity index (χ0) is 12.8. The summed E-state index contributed by atoms with van der Waals surface area (Å²) >= 11 is 0. The van der Waals surface area contributed by atoms with E-state index in [-0.39, 0.29) is 10.6 Å². The number of aryl methyl sites for hydroxylation is 2. The highest BCUT2D eigenvalue weighted by Gasteiger charge is 2.21. The topological polar surface area (TPSA) is 52.4 Å². The summed E-state index contributed by atoms with van der Waals surface area (Å²) in [7, 11) is 0. The Bertz CT molecular complexity index is 402. The van der Waals surface area contributed by atoms with Gasteiger partial charge in [0.15, 0.2) is 5.75 Å². The average Bonchev–Trinajstić information content (AvgIpc) is 2.30. The normalized spacial score (nSPS) is 10.3. The Morgan fingerprint density at radius 2 is 2.06 bits per heavy atom. The van der Waals surface area contributed by atoms with E-state index in [1.54, 1.807) is 6.07 Å². The first-order chi connectivity index (χ1) is 8.11. The maximum absolute atomic E-state index is 11.1. The summed E-state index contributed by atoms with van der Waals surface area (Å²) in [6, 6.07) is 3.69. The average molecular weight is 237 g/mol. The minimum absolute atomic E-state index is 0.128. The van der Waals surface area contributed by atoms with Crippen LogP contribution in [0, 0.1) is 17.0 Å². The van der Waals surface area contributed by atoms with Crippen molar-refractivity contribution in [3.05, 3.63) is 33.4 Å². The molecule has 4 heteroatoms. The van der Waals surface area contributed by atoms with E-state index >= 15 is 0 Å². The van der Waals surface area contributed by atoms with Gasteiger partial charge in [-0.05, 0) is 25.3 Å². The molecule has 0 aliphatic heterocycles. The highest BCUT2D eigenvalue weighted by molar-refractivity contribution is 5.56. The van der Waals surface area contributed by atoms with Crippen LogP contribution in [0.25, 0.3) is 0 Å². The monoisotopic (exact) mass is 237 g/mol. The van der Waals surface area contributed by atoms with Gasteiger partial charge >= 0.3 is 5.69 Å². The molecule has 0 bridgehead atoms. The van der Waals surface area contributed by atoms with Gasteiger partial charge in [-0.1, -0.05) is 32.4 Å². The Morgan fingerprint density at radius 1 is 1.35 bits per heavy atom. The van der Waals surface area contributed by atoms with Gasteiger partial charge in [-0.25, -0.2) is 0 Å². The van der Waals surface area contributed by atoms with Gasteiger partial charge < -0.3 is 4.74 Å². The van der Waals surface area contributed by atoms with Crippen LogP contribution in [0.2, 0.25) is 0 Å². The van der Waals surface area contributed by atoms with Crippen LogP contribution >= 0.6 is 0 Å².